The molecule has 0 aromatic heterocycles. The van der Waals surface area contributed by atoms with Gasteiger partial charge in [0.1, 0.15) is 0 Å². The van der Waals surface area contributed by atoms with Gasteiger partial charge in [-0.05, 0) is 60.4 Å². The molecule has 0 amide bonds. The van der Waals surface area contributed by atoms with E-state index in [0.29, 0.717) is 10.0 Å². The van der Waals surface area contributed by atoms with Crippen LogP contribution >= 0.6 is 23.2 Å². The highest BCUT2D eigenvalue weighted by Gasteiger charge is 2.05. The summed E-state index contributed by atoms with van der Waals surface area (Å²) in [5, 5.41) is 1.18. The van der Waals surface area contributed by atoms with Crippen molar-refractivity contribution in [1.82, 2.24) is 0 Å². The van der Waals surface area contributed by atoms with E-state index in [1.54, 1.807) is 12.4 Å². The minimum Gasteiger partial charge on any atom is -0.256 e. The van der Waals surface area contributed by atoms with E-state index in [1.165, 1.54) is 11.1 Å². The van der Waals surface area contributed by atoms with Gasteiger partial charge in [0.2, 0.25) is 0 Å². The maximum Gasteiger partial charge on any atom is 0.0630 e. The highest BCUT2D eigenvalue weighted by molar-refractivity contribution is 6.36. The normalized spacial score (nSPS) is 11.6. The second kappa shape index (κ2) is 11.1. The molecule has 3 aromatic carbocycles. The zero-order valence-corrected chi connectivity index (χ0v) is 18.9. The van der Waals surface area contributed by atoms with Crippen molar-refractivity contribution in [3.63, 3.8) is 0 Å². The van der Waals surface area contributed by atoms with E-state index in [2.05, 4.69) is 48.1 Å². The average molecular weight is 437 g/mol. The summed E-state index contributed by atoms with van der Waals surface area (Å²) < 4.78 is 0. The van der Waals surface area contributed by atoms with Crippen LogP contribution in [-0.4, -0.2) is 12.4 Å². The molecule has 3 rings (SSSR count). The molecule has 0 spiro atoms. The number of benzene rings is 3. The summed E-state index contributed by atoms with van der Waals surface area (Å²) in [6.07, 6.45) is 7.93. The maximum atomic E-state index is 6.46. The third kappa shape index (κ3) is 6.29. The van der Waals surface area contributed by atoms with Gasteiger partial charge in [0.05, 0.1) is 21.4 Å². The molecule has 0 radical (unpaired) electrons. The predicted octanol–water partition coefficient (Wildman–Crippen LogP) is 8.40. The van der Waals surface area contributed by atoms with Crippen LogP contribution in [0.4, 0.5) is 11.4 Å². The van der Waals surface area contributed by atoms with E-state index in [0.717, 1.165) is 48.2 Å². The Hall–Kier alpha value is -2.42. The van der Waals surface area contributed by atoms with E-state index in [-0.39, 0.29) is 0 Å². The van der Waals surface area contributed by atoms with Crippen LogP contribution in [0.3, 0.4) is 0 Å². The monoisotopic (exact) mass is 436 g/mol. The van der Waals surface area contributed by atoms with Crippen molar-refractivity contribution in [3.8, 4) is 0 Å². The van der Waals surface area contributed by atoms with Gasteiger partial charge in [-0.3, -0.25) is 9.98 Å². The van der Waals surface area contributed by atoms with E-state index in [1.807, 2.05) is 36.4 Å². The lowest BCUT2D eigenvalue weighted by atomic mass is 10.1. The minimum atomic E-state index is 0.588. The lowest BCUT2D eigenvalue weighted by Gasteiger charge is -2.04. The van der Waals surface area contributed by atoms with Crippen LogP contribution in [0.5, 0.6) is 0 Å². The molecule has 0 saturated carbocycles. The third-order valence-corrected chi connectivity index (χ3v) is 5.43. The number of aryl methyl sites for hydroxylation is 2. The summed E-state index contributed by atoms with van der Waals surface area (Å²) in [6, 6.07) is 20.2. The molecule has 0 aliphatic heterocycles. The van der Waals surface area contributed by atoms with Crippen LogP contribution in [0, 0.1) is 0 Å². The quantitative estimate of drug-likeness (QED) is 0.316. The van der Waals surface area contributed by atoms with Crippen LogP contribution in [0.1, 0.15) is 48.9 Å². The highest BCUT2D eigenvalue weighted by Crippen LogP contribution is 2.25. The first-order chi connectivity index (χ1) is 14.6. The molecule has 0 unspecified atom stereocenters. The van der Waals surface area contributed by atoms with Crippen LogP contribution < -0.4 is 0 Å². The van der Waals surface area contributed by atoms with Gasteiger partial charge in [0.25, 0.3) is 0 Å². The second-order valence-electron chi connectivity index (χ2n) is 7.24. The second-order valence-corrected chi connectivity index (χ2v) is 8.06. The number of halogens is 2. The first-order valence-electron chi connectivity index (χ1n) is 10.3. The Morgan fingerprint density at radius 1 is 0.633 bits per heavy atom. The van der Waals surface area contributed by atoms with Gasteiger partial charge >= 0.3 is 0 Å². The number of rotatable bonds is 8. The summed E-state index contributed by atoms with van der Waals surface area (Å²) in [5.74, 6) is 0. The third-order valence-electron chi connectivity index (χ3n) is 4.77. The Morgan fingerprint density at radius 3 is 1.33 bits per heavy atom. The largest absolute Gasteiger partial charge is 0.256 e. The molecule has 0 saturated heterocycles. The van der Waals surface area contributed by atoms with Crippen molar-refractivity contribution in [2.45, 2.75) is 39.5 Å². The van der Waals surface area contributed by atoms with Gasteiger partial charge in [0.15, 0.2) is 0 Å². The minimum absolute atomic E-state index is 0.588. The lowest BCUT2D eigenvalue weighted by Crippen LogP contribution is -1.90. The summed E-state index contributed by atoms with van der Waals surface area (Å²) in [6.45, 7) is 4.35. The van der Waals surface area contributed by atoms with Crippen LogP contribution in [0.15, 0.2) is 70.6 Å². The Balaban J connectivity index is 1.72. The molecule has 0 bridgehead atoms. The number of nitrogens with zero attached hydrogens (tertiary/aromatic N) is 2. The fourth-order valence-corrected chi connectivity index (χ4v) is 3.58. The predicted molar refractivity (Wildman–Crippen MR) is 132 cm³/mol. The van der Waals surface area contributed by atoms with Crippen molar-refractivity contribution in [2.75, 3.05) is 0 Å². The Bertz CT molecular complexity index is 935. The molecule has 30 heavy (non-hydrogen) atoms. The van der Waals surface area contributed by atoms with Gasteiger partial charge in [0, 0.05) is 23.6 Å². The topological polar surface area (TPSA) is 24.7 Å². The van der Waals surface area contributed by atoms with E-state index >= 15 is 0 Å². The summed E-state index contributed by atoms with van der Waals surface area (Å²) in [4.78, 5) is 9.05. The molecule has 4 heteroatoms. The molecular formula is C26H26Cl2N2. The Morgan fingerprint density at radius 2 is 1.00 bits per heavy atom. The molecule has 0 atom stereocenters. The van der Waals surface area contributed by atoms with Gasteiger partial charge < -0.3 is 0 Å². The number of aliphatic imine (C=N–C) groups is 2. The van der Waals surface area contributed by atoms with Crippen molar-refractivity contribution in [3.05, 3.63) is 93.0 Å². The molecule has 3 aromatic rings. The van der Waals surface area contributed by atoms with Crippen molar-refractivity contribution in [2.24, 2.45) is 9.98 Å². The fourth-order valence-electron chi connectivity index (χ4n) is 3.14. The van der Waals surface area contributed by atoms with Crippen LogP contribution in [-0.2, 0) is 12.8 Å². The van der Waals surface area contributed by atoms with Crippen LogP contribution in [0.2, 0.25) is 10.0 Å². The first kappa shape index (κ1) is 22.3. The van der Waals surface area contributed by atoms with Gasteiger partial charge in [-0.2, -0.15) is 0 Å². The zero-order chi connectivity index (χ0) is 21.3. The molecule has 0 aliphatic rings. The molecular weight excluding hydrogens is 411 g/mol. The van der Waals surface area contributed by atoms with Gasteiger partial charge in [-0.1, -0.05) is 74.2 Å². The van der Waals surface area contributed by atoms with Crippen molar-refractivity contribution < 1.29 is 0 Å². The van der Waals surface area contributed by atoms with Gasteiger partial charge in [-0.15, -0.1) is 0 Å². The summed E-state index contributed by atoms with van der Waals surface area (Å²) in [7, 11) is 0. The van der Waals surface area contributed by atoms with E-state index in [9.17, 15) is 0 Å². The summed E-state index contributed by atoms with van der Waals surface area (Å²) >= 11 is 12.9. The fraction of sp³-hybridized carbons (Fsp3) is 0.231. The Labute approximate surface area is 189 Å². The van der Waals surface area contributed by atoms with Gasteiger partial charge in [-0.25, -0.2) is 0 Å². The van der Waals surface area contributed by atoms with E-state index < -0.39 is 0 Å². The summed E-state index contributed by atoms with van der Waals surface area (Å²) in [5.41, 5.74) is 5.97. The maximum absolute atomic E-state index is 6.46. The number of hydrogen-bond acceptors (Lipinski definition) is 2. The smallest absolute Gasteiger partial charge is 0.0630 e. The SMILES string of the molecule is CCCc1ccc(N=Cc2cc(Cl)c(C=Nc3ccc(CCC)cc3)cc2Cl)cc1. The molecule has 0 aliphatic carbocycles. The van der Waals surface area contributed by atoms with E-state index in [4.69, 9.17) is 23.2 Å². The van der Waals surface area contributed by atoms with Crippen molar-refractivity contribution >= 4 is 47.0 Å². The standard InChI is InChI=1S/C26H26Cl2N2/c1-3-5-19-7-11-23(12-8-19)29-17-21-15-26(28)22(16-25(21)27)18-30-24-13-9-20(6-4-2)10-14-24/h7-18H,3-6H2,1-2H3. The highest BCUT2D eigenvalue weighted by atomic mass is 35.5. The van der Waals surface area contributed by atoms with Crippen molar-refractivity contribution in [1.29, 1.82) is 0 Å². The molecule has 0 heterocycles. The average Bonchev–Trinajstić information content (AvgIpc) is 2.75. The number of hydrogen-bond donors (Lipinski definition) is 0. The zero-order valence-electron chi connectivity index (χ0n) is 17.4. The molecule has 154 valence electrons. The molecule has 2 nitrogen and oxygen atoms in total. The molecule has 0 N–H and O–H groups in total. The molecule has 0 fully saturated rings. The Kier molecular flexibility index (Phi) is 8.24. The first-order valence-corrected chi connectivity index (χ1v) is 11.1. The van der Waals surface area contributed by atoms with Crippen LogP contribution in [0.25, 0.3) is 0 Å². The lowest BCUT2D eigenvalue weighted by molar-refractivity contribution is 0.922.